The fraction of sp³-hybridized carbons (Fsp3) is 0. The van der Waals surface area contributed by atoms with Crippen molar-refractivity contribution < 1.29 is 4.42 Å². The Labute approximate surface area is 390 Å². The second-order valence-corrected chi connectivity index (χ2v) is 17.4. The summed E-state index contributed by atoms with van der Waals surface area (Å²) in [4.78, 5) is 21.7. The monoisotopic (exact) mass is 867 g/mol. The summed E-state index contributed by atoms with van der Waals surface area (Å²) in [6, 6.07) is 78.5. The Hall–Kier alpha value is -9.26. The van der Waals surface area contributed by atoms with Gasteiger partial charge in [-0.25, -0.2) is 19.9 Å². The van der Waals surface area contributed by atoms with Crippen molar-refractivity contribution in [3.63, 3.8) is 0 Å². The maximum atomic E-state index is 6.49. The van der Waals surface area contributed by atoms with Crippen molar-refractivity contribution in [2.24, 2.45) is 0 Å². The van der Waals surface area contributed by atoms with Crippen LogP contribution >= 0.6 is 0 Å². The molecule has 14 aromatic rings. The van der Waals surface area contributed by atoms with Crippen LogP contribution in [0.3, 0.4) is 0 Å². The Kier molecular flexibility index (Phi) is 8.48. The lowest BCUT2D eigenvalue weighted by atomic mass is 9.95. The quantitative estimate of drug-likeness (QED) is 0.156. The molecule has 0 N–H and O–H groups in total. The summed E-state index contributed by atoms with van der Waals surface area (Å²) in [6.07, 6.45) is 0. The lowest BCUT2D eigenvalue weighted by Gasteiger charge is -2.15. The van der Waals surface area contributed by atoms with Crippen LogP contribution in [0.1, 0.15) is 0 Å². The normalized spacial score (nSPS) is 11.8. The molecule has 14 rings (SSSR count). The van der Waals surface area contributed by atoms with Gasteiger partial charge in [0, 0.05) is 65.6 Å². The number of pyridine rings is 1. The molecule has 0 aliphatic carbocycles. The highest BCUT2D eigenvalue weighted by molar-refractivity contribution is 6.29. The maximum absolute atomic E-state index is 6.49. The number of fused-ring (bicyclic) bond motifs is 11. The van der Waals surface area contributed by atoms with E-state index in [-0.39, 0.29) is 0 Å². The van der Waals surface area contributed by atoms with Crippen LogP contribution in [0.5, 0.6) is 0 Å². The lowest BCUT2D eigenvalue weighted by molar-refractivity contribution is 0.669. The fourth-order valence-corrected chi connectivity index (χ4v) is 10.3. The van der Waals surface area contributed by atoms with Crippen molar-refractivity contribution in [1.82, 2.24) is 24.5 Å². The zero-order chi connectivity index (χ0) is 44.7. The van der Waals surface area contributed by atoms with Crippen LogP contribution in [-0.2, 0) is 0 Å². The zero-order valence-electron chi connectivity index (χ0n) is 36.5. The Bertz CT molecular complexity index is 4330. The Balaban J connectivity index is 1.03. The molecule has 6 nitrogen and oxygen atoms in total. The van der Waals surface area contributed by atoms with Crippen LogP contribution in [0.2, 0.25) is 0 Å². The van der Waals surface area contributed by atoms with Crippen LogP contribution in [0, 0.1) is 0 Å². The summed E-state index contributed by atoms with van der Waals surface area (Å²) in [7, 11) is 0. The number of nitrogens with zero attached hydrogens (tertiary/aromatic N) is 5. The first kappa shape index (κ1) is 38.1. The van der Waals surface area contributed by atoms with E-state index in [9.17, 15) is 0 Å². The summed E-state index contributed by atoms with van der Waals surface area (Å²) >= 11 is 0. The van der Waals surface area contributed by atoms with E-state index in [1.165, 1.54) is 10.8 Å². The minimum Gasteiger partial charge on any atom is -0.456 e. The lowest BCUT2D eigenvalue weighted by Crippen LogP contribution is -2.02. The summed E-state index contributed by atoms with van der Waals surface area (Å²) in [5.41, 5.74) is 12.5. The van der Waals surface area contributed by atoms with E-state index in [4.69, 9.17) is 24.4 Å². The topological polar surface area (TPSA) is 69.6 Å². The molecule has 316 valence electrons. The molecule has 0 atom stereocenters. The summed E-state index contributed by atoms with van der Waals surface area (Å²) in [5.74, 6) is 1.68. The molecule has 68 heavy (non-hydrogen) atoms. The zero-order valence-corrected chi connectivity index (χ0v) is 36.5. The van der Waals surface area contributed by atoms with Gasteiger partial charge in [0.25, 0.3) is 0 Å². The van der Waals surface area contributed by atoms with E-state index in [1.54, 1.807) is 0 Å². The van der Waals surface area contributed by atoms with Crippen LogP contribution in [0.15, 0.2) is 229 Å². The predicted octanol–water partition coefficient (Wildman–Crippen LogP) is 16.1. The van der Waals surface area contributed by atoms with E-state index in [0.29, 0.717) is 17.5 Å². The first-order valence-electron chi connectivity index (χ1n) is 22.9. The second kappa shape index (κ2) is 15.2. The van der Waals surface area contributed by atoms with Crippen molar-refractivity contribution in [2.45, 2.75) is 0 Å². The average Bonchev–Trinajstić information content (AvgIpc) is 3.96. The van der Waals surface area contributed by atoms with Gasteiger partial charge in [-0.3, -0.25) is 0 Å². The Morgan fingerprint density at radius 2 is 0.956 bits per heavy atom. The van der Waals surface area contributed by atoms with Crippen molar-refractivity contribution in [3.8, 4) is 62.2 Å². The smallest absolute Gasteiger partial charge is 0.166 e. The van der Waals surface area contributed by atoms with E-state index >= 15 is 0 Å². The van der Waals surface area contributed by atoms with Crippen molar-refractivity contribution >= 4 is 76.2 Å². The number of para-hydroxylation sites is 4. The van der Waals surface area contributed by atoms with Gasteiger partial charge in [0.1, 0.15) is 11.2 Å². The van der Waals surface area contributed by atoms with E-state index in [0.717, 1.165) is 110 Å². The average molecular weight is 868 g/mol. The van der Waals surface area contributed by atoms with Crippen LogP contribution in [-0.4, -0.2) is 24.5 Å². The van der Waals surface area contributed by atoms with Gasteiger partial charge in [0.05, 0.1) is 22.2 Å². The third-order valence-electron chi connectivity index (χ3n) is 13.4. The fourth-order valence-electron chi connectivity index (χ4n) is 10.3. The molecular formula is C62H37N5O. The molecule has 0 saturated heterocycles. The molecule has 10 aromatic carbocycles. The highest BCUT2D eigenvalue weighted by Gasteiger charge is 2.22. The highest BCUT2D eigenvalue weighted by atomic mass is 16.3. The third kappa shape index (κ3) is 6.05. The number of aromatic nitrogens is 5. The first-order valence-corrected chi connectivity index (χ1v) is 22.9. The summed E-state index contributed by atoms with van der Waals surface area (Å²) in [6.45, 7) is 0. The Morgan fingerprint density at radius 3 is 1.82 bits per heavy atom. The van der Waals surface area contributed by atoms with Crippen molar-refractivity contribution in [1.29, 1.82) is 0 Å². The molecule has 0 aliphatic rings. The molecule has 0 aliphatic heterocycles. The number of hydrogen-bond donors (Lipinski definition) is 0. The van der Waals surface area contributed by atoms with Crippen LogP contribution in [0.4, 0.5) is 0 Å². The summed E-state index contributed by atoms with van der Waals surface area (Å²) in [5, 5.41) is 9.91. The number of furan rings is 1. The molecule has 0 saturated carbocycles. The maximum Gasteiger partial charge on any atom is 0.166 e. The van der Waals surface area contributed by atoms with Gasteiger partial charge in [-0.05, 0) is 94.7 Å². The SMILES string of the molecule is c1ccc(-c2nc3c(-c4nc(-c5cccc(-c6ccc7ccccc7c6)c5)nc(-c5ccc6c(c5)c5ccccc5n6-c5ccccc5)n4)cccc3c3c2ccc2oc4ccccc4c23)cc1. The predicted molar refractivity (Wildman–Crippen MR) is 279 cm³/mol. The van der Waals surface area contributed by atoms with Gasteiger partial charge < -0.3 is 8.98 Å². The minimum absolute atomic E-state index is 0.536. The van der Waals surface area contributed by atoms with Crippen molar-refractivity contribution in [3.05, 3.63) is 224 Å². The minimum atomic E-state index is 0.536. The van der Waals surface area contributed by atoms with Gasteiger partial charge in [-0.2, -0.15) is 0 Å². The molecule has 0 radical (unpaired) electrons. The third-order valence-corrected chi connectivity index (χ3v) is 13.4. The number of rotatable bonds is 6. The van der Waals surface area contributed by atoms with Crippen molar-refractivity contribution in [2.75, 3.05) is 0 Å². The van der Waals surface area contributed by atoms with Crippen LogP contribution < -0.4 is 0 Å². The summed E-state index contributed by atoms with van der Waals surface area (Å²) < 4.78 is 8.82. The van der Waals surface area contributed by atoms with Gasteiger partial charge in [0.2, 0.25) is 0 Å². The van der Waals surface area contributed by atoms with E-state index in [1.807, 2.05) is 18.2 Å². The molecule has 0 amide bonds. The van der Waals surface area contributed by atoms with E-state index < -0.39 is 0 Å². The van der Waals surface area contributed by atoms with Gasteiger partial charge in [-0.1, -0.05) is 152 Å². The molecule has 4 aromatic heterocycles. The Morgan fingerprint density at radius 1 is 0.324 bits per heavy atom. The van der Waals surface area contributed by atoms with Gasteiger partial charge in [0.15, 0.2) is 17.5 Å². The second-order valence-electron chi connectivity index (χ2n) is 17.4. The molecule has 0 unspecified atom stereocenters. The molecule has 0 fully saturated rings. The van der Waals surface area contributed by atoms with E-state index in [2.05, 4.69) is 211 Å². The first-order chi connectivity index (χ1) is 33.7. The number of benzene rings is 10. The van der Waals surface area contributed by atoms with Gasteiger partial charge in [-0.15, -0.1) is 0 Å². The van der Waals surface area contributed by atoms with Gasteiger partial charge >= 0.3 is 0 Å². The number of hydrogen-bond acceptors (Lipinski definition) is 5. The van der Waals surface area contributed by atoms with Crippen LogP contribution in [0.25, 0.3) is 138 Å². The standard InChI is InChI=1S/C62H37N5O/c1-3-16-39(17-4-1)58-49-32-34-55-57(47-24-10-12-28-54(47)68-55)56(49)48-25-14-26-50(59(48)63-58)62-65-60(43-20-13-19-41(36-43)42-30-29-38-15-7-8-18-40(38)35-42)64-61(66-62)44-31-33-53-51(37-44)46-23-9-11-27-52(46)67(53)45-21-5-2-6-22-45/h1-37H. The molecule has 0 bridgehead atoms. The largest absolute Gasteiger partial charge is 0.456 e. The molecule has 0 spiro atoms. The molecule has 4 heterocycles. The molecular weight excluding hydrogens is 831 g/mol. The highest BCUT2D eigenvalue weighted by Crippen LogP contribution is 2.43. The molecule has 6 heteroatoms.